The first-order valence-electron chi connectivity index (χ1n) is 11.2. The zero-order valence-electron chi connectivity index (χ0n) is 18.6. The molecule has 2 amide bonds. The lowest BCUT2D eigenvalue weighted by Crippen LogP contribution is -2.45. The molecule has 1 N–H and O–H groups in total. The highest BCUT2D eigenvalue weighted by molar-refractivity contribution is 5.92. The van der Waals surface area contributed by atoms with Crippen LogP contribution in [0, 0.1) is 6.92 Å². The number of aryl methyl sites for hydroxylation is 1. The second kappa shape index (κ2) is 11.6. The second-order valence-electron chi connectivity index (χ2n) is 8.19. The summed E-state index contributed by atoms with van der Waals surface area (Å²) in [5, 5.41) is 3.16. The number of amides is 2. The number of hydrogen-bond acceptors (Lipinski definition) is 5. The molecular weight excluding hydrogens is 390 g/mol. The smallest absolute Gasteiger partial charge is 0.274 e. The number of benzene rings is 1. The zero-order chi connectivity index (χ0) is 22.1. The van der Waals surface area contributed by atoms with Gasteiger partial charge in [-0.25, -0.2) is 4.98 Å². The van der Waals surface area contributed by atoms with E-state index < -0.39 is 0 Å². The minimum absolute atomic E-state index is 0.00500. The Morgan fingerprint density at radius 3 is 2.48 bits per heavy atom. The van der Waals surface area contributed by atoms with E-state index in [1.165, 1.54) is 11.8 Å². The van der Waals surface area contributed by atoms with Crippen LogP contribution in [0.25, 0.3) is 0 Å². The van der Waals surface area contributed by atoms with Crippen molar-refractivity contribution in [1.82, 2.24) is 25.1 Å². The topological polar surface area (TPSA) is 78.4 Å². The van der Waals surface area contributed by atoms with Crippen molar-refractivity contribution in [2.24, 2.45) is 0 Å². The highest BCUT2D eigenvalue weighted by Gasteiger charge is 2.22. The van der Waals surface area contributed by atoms with E-state index in [1.54, 1.807) is 11.1 Å². The minimum atomic E-state index is -0.170. The zero-order valence-corrected chi connectivity index (χ0v) is 18.6. The van der Waals surface area contributed by atoms with Crippen LogP contribution in [0.1, 0.15) is 54.4 Å². The van der Waals surface area contributed by atoms with Gasteiger partial charge in [-0.1, -0.05) is 37.3 Å². The van der Waals surface area contributed by atoms with Crippen LogP contribution >= 0.6 is 0 Å². The first kappa shape index (κ1) is 22.9. The first-order chi connectivity index (χ1) is 15.0. The van der Waals surface area contributed by atoms with Crippen molar-refractivity contribution < 1.29 is 9.59 Å². The van der Waals surface area contributed by atoms with Gasteiger partial charge in [0, 0.05) is 51.4 Å². The van der Waals surface area contributed by atoms with Crippen LogP contribution in [-0.4, -0.2) is 63.8 Å². The van der Waals surface area contributed by atoms with E-state index >= 15 is 0 Å². The Hall–Kier alpha value is -2.80. The SMILES string of the molecule is CCCN(CCC(=O)NC1CCN(Cc2ccccc2)CC1)C(=O)c1cnc(C)cn1. The van der Waals surface area contributed by atoms with Gasteiger partial charge in [-0.3, -0.25) is 19.5 Å². The standard InChI is InChI=1S/C24H33N5O2/c1-3-12-29(24(31)22-17-25-19(2)16-26-22)15-11-23(30)27-21-9-13-28(14-10-21)18-20-7-5-4-6-8-20/h4-8,16-17,21H,3,9-15,18H2,1-2H3,(H,27,30). The lowest BCUT2D eigenvalue weighted by Gasteiger charge is -2.32. The Morgan fingerprint density at radius 2 is 1.84 bits per heavy atom. The molecule has 1 saturated heterocycles. The normalized spacial score (nSPS) is 14.9. The highest BCUT2D eigenvalue weighted by Crippen LogP contribution is 2.14. The molecule has 0 saturated carbocycles. The molecule has 2 heterocycles. The molecule has 1 aromatic heterocycles. The third-order valence-electron chi connectivity index (χ3n) is 5.59. The number of nitrogens with one attached hydrogen (secondary N) is 1. The van der Waals surface area contributed by atoms with E-state index in [-0.39, 0.29) is 17.9 Å². The van der Waals surface area contributed by atoms with Crippen LogP contribution < -0.4 is 5.32 Å². The summed E-state index contributed by atoms with van der Waals surface area (Å²) in [6, 6.07) is 10.7. The van der Waals surface area contributed by atoms with Crippen molar-refractivity contribution in [2.45, 2.75) is 52.1 Å². The van der Waals surface area contributed by atoms with E-state index in [1.807, 2.05) is 19.9 Å². The van der Waals surface area contributed by atoms with Crippen LogP contribution in [0.15, 0.2) is 42.7 Å². The predicted molar refractivity (Wildman–Crippen MR) is 120 cm³/mol. The fourth-order valence-electron chi connectivity index (χ4n) is 3.86. The fourth-order valence-corrected chi connectivity index (χ4v) is 3.86. The Bertz CT molecular complexity index is 833. The summed E-state index contributed by atoms with van der Waals surface area (Å²) in [5.74, 6) is -0.165. The molecule has 31 heavy (non-hydrogen) atoms. The molecule has 0 radical (unpaired) electrons. The van der Waals surface area contributed by atoms with Crippen molar-refractivity contribution >= 4 is 11.8 Å². The molecule has 7 heteroatoms. The van der Waals surface area contributed by atoms with E-state index in [0.29, 0.717) is 25.2 Å². The molecule has 1 aliphatic heterocycles. The molecule has 7 nitrogen and oxygen atoms in total. The fraction of sp³-hybridized carbons (Fsp3) is 0.500. The van der Waals surface area contributed by atoms with Crippen molar-refractivity contribution in [3.8, 4) is 0 Å². The quantitative estimate of drug-likeness (QED) is 0.671. The summed E-state index contributed by atoms with van der Waals surface area (Å²) in [6.45, 7) is 7.75. The van der Waals surface area contributed by atoms with Crippen LogP contribution in [0.2, 0.25) is 0 Å². The number of rotatable bonds is 9. The molecule has 1 aliphatic rings. The lowest BCUT2D eigenvalue weighted by molar-refractivity contribution is -0.122. The largest absolute Gasteiger partial charge is 0.353 e. The molecule has 1 fully saturated rings. The van der Waals surface area contributed by atoms with E-state index in [0.717, 1.165) is 44.6 Å². The maximum Gasteiger partial charge on any atom is 0.274 e. The van der Waals surface area contributed by atoms with Crippen LogP contribution in [0.4, 0.5) is 0 Å². The monoisotopic (exact) mass is 423 g/mol. The number of carbonyl (C=O) groups is 2. The van der Waals surface area contributed by atoms with E-state index in [2.05, 4.69) is 44.5 Å². The molecule has 0 atom stereocenters. The van der Waals surface area contributed by atoms with Gasteiger partial charge in [-0.15, -0.1) is 0 Å². The van der Waals surface area contributed by atoms with E-state index in [4.69, 9.17) is 0 Å². The molecule has 166 valence electrons. The van der Waals surface area contributed by atoms with Crippen LogP contribution in [0.5, 0.6) is 0 Å². The van der Waals surface area contributed by atoms with Gasteiger partial charge in [-0.05, 0) is 31.7 Å². The van der Waals surface area contributed by atoms with Crippen molar-refractivity contribution in [2.75, 3.05) is 26.2 Å². The molecule has 0 spiro atoms. The van der Waals surface area contributed by atoms with Gasteiger partial charge in [0.1, 0.15) is 5.69 Å². The number of piperidine rings is 1. The Morgan fingerprint density at radius 1 is 1.10 bits per heavy atom. The van der Waals surface area contributed by atoms with Gasteiger partial charge in [0.05, 0.1) is 11.9 Å². The Kier molecular flexibility index (Phi) is 8.53. The molecule has 0 unspecified atom stereocenters. The average Bonchev–Trinajstić information content (AvgIpc) is 2.79. The van der Waals surface area contributed by atoms with Gasteiger partial charge in [0.2, 0.25) is 5.91 Å². The van der Waals surface area contributed by atoms with Gasteiger partial charge < -0.3 is 10.2 Å². The minimum Gasteiger partial charge on any atom is -0.353 e. The molecule has 0 aliphatic carbocycles. The third kappa shape index (κ3) is 7.14. The van der Waals surface area contributed by atoms with Crippen molar-refractivity contribution in [3.63, 3.8) is 0 Å². The molecule has 3 rings (SSSR count). The second-order valence-corrected chi connectivity index (χ2v) is 8.19. The summed E-state index contributed by atoms with van der Waals surface area (Å²) in [5.41, 5.74) is 2.42. The van der Waals surface area contributed by atoms with Crippen LogP contribution in [0.3, 0.4) is 0 Å². The summed E-state index contributed by atoms with van der Waals surface area (Å²) in [6.07, 6.45) is 6.13. The van der Waals surface area contributed by atoms with E-state index in [9.17, 15) is 9.59 Å². The van der Waals surface area contributed by atoms with Gasteiger partial charge in [0.25, 0.3) is 5.91 Å². The summed E-state index contributed by atoms with van der Waals surface area (Å²) < 4.78 is 0. The van der Waals surface area contributed by atoms with Crippen molar-refractivity contribution in [3.05, 3.63) is 59.7 Å². The van der Waals surface area contributed by atoms with Gasteiger partial charge in [-0.2, -0.15) is 0 Å². The summed E-state index contributed by atoms with van der Waals surface area (Å²) in [7, 11) is 0. The number of aromatic nitrogens is 2. The molecule has 1 aromatic carbocycles. The predicted octanol–water partition coefficient (Wildman–Crippen LogP) is 2.81. The molecular formula is C24H33N5O2. The molecule has 0 bridgehead atoms. The van der Waals surface area contributed by atoms with Gasteiger partial charge >= 0.3 is 0 Å². The van der Waals surface area contributed by atoms with Gasteiger partial charge in [0.15, 0.2) is 0 Å². The maximum absolute atomic E-state index is 12.7. The summed E-state index contributed by atoms with van der Waals surface area (Å²) >= 11 is 0. The lowest BCUT2D eigenvalue weighted by atomic mass is 10.0. The average molecular weight is 424 g/mol. The Labute approximate surface area is 184 Å². The summed E-state index contributed by atoms with van der Waals surface area (Å²) in [4.78, 5) is 37.7. The Balaban J connectivity index is 1.42. The number of nitrogens with zero attached hydrogens (tertiary/aromatic N) is 4. The third-order valence-corrected chi connectivity index (χ3v) is 5.59. The number of hydrogen-bond donors (Lipinski definition) is 1. The first-order valence-corrected chi connectivity index (χ1v) is 11.2. The maximum atomic E-state index is 12.7. The number of carbonyl (C=O) groups excluding carboxylic acids is 2. The molecule has 2 aromatic rings. The van der Waals surface area contributed by atoms with Crippen molar-refractivity contribution in [1.29, 1.82) is 0 Å². The van der Waals surface area contributed by atoms with Crippen LogP contribution in [-0.2, 0) is 11.3 Å². The highest BCUT2D eigenvalue weighted by atomic mass is 16.2. The number of likely N-dealkylation sites (tertiary alicyclic amines) is 1.